The van der Waals surface area contributed by atoms with E-state index in [0.717, 1.165) is 0 Å². The van der Waals surface area contributed by atoms with E-state index in [1.807, 2.05) is 0 Å². The van der Waals surface area contributed by atoms with E-state index in [-0.39, 0.29) is 4.90 Å². The third-order valence-electron chi connectivity index (χ3n) is 3.06. The van der Waals surface area contributed by atoms with Crippen LogP contribution < -0.4 is 9.62 Å². The van der Waals surface area contributed by atoms with E-state index in [1.165, 1.54) is 18.5 Å². The third-order valence-corrected chi connectivity index (χ3v) is 4.86. The summed E-state index contributed by atoms with van der Waals surface area (Å²) >= 11 is 0. The minimum atomic E-state index is -3.61. The first kappa shape index (κ1) is 15.8. The van der Waals surface area contributed by atoms with E-state index < -0.39 is 16.1 Å². The Morgan fingerprint density at radius 2 is 1.64 bits per heavy atom. The van der Waals surface area contributed by atoms with Crippen LogP contribution in [0.3, 0.4) is 0 Å². The average molecular weight is 320 g/mol. The van der Waals surface area contributed by atoms with Gasteiger partial charge >= 0.3 is 6.09 Å². The normalized spacial score (nSPS) is 10.8. The predicted octanol–water partition coefficient (Wildman–Crippen LogP) is 2.69. The van der Waals surface area contributed by atoms with Crippen LogP contribution >= 0.6 is 0 Å². The minimum Gasteiger partial charge on any atom is -0.453 e. The van der Waals surface area contributed by atoms with Gasteiger partial charge in [0.1, 0.15) is 0 Å². The van der Waals surface area contributed by atoms with Crippen molar-refractivity contribution in [1.29, 1.82) is 0 Å². The Morgan fingerprint density at radius 3 is 2.18 bits per heavy atom. The molecule has 0 atom stereocenters. The van der Waals surface area contributed by atoms with Crippen molar-refractivity contribution in [2.75, 3.05) is 23.8 Å². The highest BCUT2D eigenvalue weighted by Crippen LogP contribution is 2.23. The Balaban J connectivity index is 2.23. The van der Waals surface area contributed by atoms with Crippen LogP contribution in [0, 0.1) is 0 Å². The molecule has 0 saturated heterocycles. The fraction of sp³-hybridized carbons (Fsp3) is 0.133. The Bertz CT molecular complexity index is 743. The Kier molecular flexibility index (Phi) is 4.67. The molecule has 0 saturated carbocycles. The Labute approximate surface area is 129 Å². The summed E-state index contributed by atoms with van der Waals surface area (Å²) in [6.45, 7) is 0. The molecule has 1 N–H and O–H groups in total. The maximum absolute atomic E-state index is 12.5. The number of ether oxygens (including phenoxy) is 1. The summed E-state index contributed by atoms with van der Waals surface area (Å²) in [5.41, 5.74) is 1.00. The van der Waals surface area contributed by atoms with Crippen molar-refractivity contribution in [2.24, 2.45) is 0 Å². The second kappa shape index (κ2) is 6.48. The second-order valence-corrected chi connectivity index (χ2v) is 6.42. The monoisotopic (exact) mass is 320 g/mol. The van der Waals surface area contributed by atoms with E-state index in [9.17, 15) is 13.2 Å². The van der Waals surface area contributed by atoms with Crippen molar-refractivity contribution >= 4 is 27.5 Å². The third kappa shape index (κ3) is 3.37. The first-order valence-electron chi connectivity index (χ1n) is 6.44. The first-order chi connectivity index (χ1) is 10.4. The zero-order valence-corrected chi connectivity index (χ0v) is 13.0. The molecule has 0 bridgehead atoms. The number of methoxy groups -OCH3 is 1. The number of benzene rings is 2. The van der Waals surface area contributed by atoms with E-state index >= 15 is 0 Å². The quantitative estimate of drug-likeness (QED) is 0.940. The van der Waals surface area contributed by atoms with E-state index in [2.05, 4.69) is 10.1 Å². The molecule has 0 unspecified atom stereocenters. The lowest BCUT2D eigenvalue weighted by Crippen LogP contribution is -2.26. The van der Waals surface area contributed by atoms with Crippen LogP contribution in [0.5, 0.6) is 0 Å². The van der Waals surface area contributed by atoms with Gasteiger partial charge in [-0.15, -0.1) is 0 Å². The van der Waals surface area contributed by atoms with Gasteiger partial charge in [-0.3, -0.25) is 9.62 Å². The summed E-state index contributed by atoms with van der Waals surface area (Å²) in [7, 11) is -0.866. The highest BCUT2D eigenvalue weighted by molar-refractivity contribution is 7.92. The number of hydrogen-bond acceptors (Lipinski definition) is 4. The number of amides is 1. The number of anilines is 2. The Morgan fingerprint density at radius 1 is 1.05 bits per heavy atom. The molecule has 116 valence electrons. The molecule has 0 aromatic heterocycles. The maximum Gasteiger partial charge on any atom is 0.411 e. The summed E-state index contributed by atoms with van der Waals surface area (Å²) in [6, 6.07) is 14.6. The van der Waals surface area contributed by atoms with Gasteiger partial charge in [0.25, 0.3) is 10.0 Å². The SMILES string of the molecule is COC(=O)Nc1ccc(N(C)S(=O)(=O)c2ccccc2)cc1. The molecule has 1 amide bonds. The molecular weight excluding hydrogens is 304 g/mol. The van der Waals surface area contributed by atoms with E-state index in [0.29, 0.717) is 11.4 Å². The van der Waals surface area contributed by atoms with Crippen LogP contribution in [-0.2, 0) is 14.8 Å². The van der Waals surface area contributed by atoms with Gasteiger partial charge < -0.3 is 4.74 Å². The minimum absolute atomic E-state index is 0.217. The van der Waals surface area contributed by atoms with Crippen molar-refractivity contribution in [1.82, 2.24) is 0 Å². The molecule has 22 heavy (non-hydrogen) atoms. The van der Waals surface area contributed by atoms with Crippen molar-refractivity contribution in [3.8, 4) is 0 Å². The number of carbonyl (C=O) groups is 1. The van der Waals surface area contributed by atoms with Crippen LogP contribution in [0.15, 0.2) is 59.5 Å². The molecule has 0 heterocycles. The van der Waals surface area contributed by atoms with Gasteiger partial charge in [-0.05, 0) is 36.4 Å². The molecule has 6 nitrogen and oxygen atoms in total. The smallest absolute Gasteiger partial charge is 0.411 e. The molecule has 0 fully saturated rings. The number of rotatable bonds is 4. The van der Waals surface area contributed by atoms with Crippen molar-refractivity contribution in [2.45, 2.75) is 4.90 Å². The standard InChI is InChI=1S/C15H16N2O4S/c1-17(22(19,20)14-6-4-3-5-7-14)13-10-8-12(9-11-13)16-15(18)21-2/h3-11H,1-2H3,(H,16,18). The molecule has 2 aromatic carbocycles. The number of nitrogens with zero attached hydrogens (tertiary/aromatic N) is 1. The fourth-order valence-corrected chi connectivity index (χ4v) is 3.03. The highest BCUT2D eigenvalue weighted by Gasteiger charge is 2.20. The van der Waals surface area contributed by atoms with Gasteiger partial charge in [0.2, 0.25) is 0 Å². The molecule has 2 rings (SSSR count). The van der Waals surface area contributed by atoms with Gasteiger partial charge in [0, 0.05) is 12.7 Å². The first-order valence-corrected chi connectivity index (χ1v) is 7.88. The van der Waals surface area contributed by atoms with Crippen molar-refractivity contribution in [3.05, 3.63) is 54.6 Å². The molecule has 0 radical (unpaired) electrons. The van der Waals surface area contributed by atoms with E-state index in [1.54, 1.807) is 54.6 Å². The van der Waals surface area contributed by atoms with Gasteiger partial charge in [-0.25, -0.2) is 13.2 Å². The van der Waals surface area contributed by atoms with Crippen molar-refractivity contribution < 1.29 is 17.9 Å². The molecule has 2 aromatic rings. The number of hydrogen-bond donors (Lipinski definition) is 1. The highest BCUT2D eigenvalue weighted by atomic mass is 32.2. The lowest BCUT2D eigenvalue weighted by molar-refractivity contribution is 0.187. The van der Waals surface area contributed by atoms with Gasteiger partial charge in [0.05, 0.1) is 17.7 Å². The lowest BCUT2D eigenvalue weighted by Gasteiger charge is -2.19. The number of nitrogens with one attached hydrogen (secondary N) is 1. The molecule has 0 aliphatic carbocycles. The van der Waals surface area contributed by atoms with Crippen LogP contribution in [0.4, 0.5) is 16.2 Å². The number of carbonyl (C=O) groups excluding carboxylic acids is 1. The van der Waals surface area contributed by atoms with Crippen LogP contribution in [-0.4, -0.2) is 28.7 Å². The van der Waals surface area contributed by atoms with Crippen molar-refractivity contribution in [3.63, 3.8) is 0 Å². The Hall–Kier alpha value is -2.54. The van der Waals surface area contributed by atoms with Gasteiger partial charge in [-0.1, -0.05) is 18.2 Å². The van der Waals surface area contributed by atoms with Crippen LogP contribution in [0.25, 0.3) is 0 Å². The van der Waals surface area contributed by atoms with Gasteiger partial charge in [-0.2, -0.15) is 0 Å². The predicted molar refractivity (Wildman–Crippen MR) is 84.5 cm³/mol. The largest absolute Gasteiger partial charge is 0.453 e. The zero-order valence-electron chi connectivity index (χ0n) is 12.2. The summed E-state index contributed by atoms with van der Waals surface area (Å²) in [5.74, 6) is 0. The summed E-state index contributed by atoms with van der Waals surface area (Å²) in [5, 5.41) is 2.50. The summed E-state index contributed by atoms with van der Waals surface area (Å²) in [6.07, 6.45) is -0.585. The zero-order chi connectivity index (χ0) is 16.2. The second-order valence-electron chi connectivity index (χ2n) is 4.45. The van der Waals surface area contributed by atoms with Crippen LogP contribution in [0.2, 0.25) is 0 Å². The lowest BCUT2D eigenvalue weighted by atomic mass is 10.3. The molecule has 0 aliphatic heterocycles. The number of sulfonamides is 1. The molecule has 0 spiro atoms. The molecular formula is C15H16N2O4S. The van der Waals surface area contributed by atoms with Gasteiger partial charge in [0.15, 0.2) is 0 Å². The molecule has 7 heteroatoms. The summed E-state index contributed by atoms with van der Waals surface area (Å²) in [4.78, 5) is 11.3. The topological polar surface area (TPSA) is 75.7 Å². The van der Waals surface area contributed by atoms with E-state index in [4.69, 9.17) is 0 Å². The maximum atomic E-state index is 12.5. The average Bonchev–Trinajstić information content (AvgIpc) is 2.55. The van der Waals surface area contributed by atoms with Crippen LogP contribution in [0.1, 0.15) is 0 Å². The fourth-order valence-electron chi connectivity index (χ4n) is 1.81. The molecule has 0 aliphatic rings. The summed E-state index contributed by atoms with van der Waals surface area (Å²) < 4.78 is 30.6.